The van der Waals surface area contributed by atoms with Gasteiger partial charge in [-0.15, -0.1) is 0 Å². The molecular formula is C18H38N2O. The molecule has 3 nitrogen and oxygen atoms in total. The van der Waals surface area contributed by atoms with Gasteiger partial charge in [-0.2, -0.15) is 0 Å². The van der Waals surface area contributed by atoms with Gasteiger partial charge in [-0.05, 0) is 60.5 Å². The number of ether oxygens (including phenoxy) is 1. The molecule has 1 fully saturated rings. The summed E-state index contributed by atoms with van der Waals surface area (Å²) < 4.78 is 6.42. The summed E-state index contributed by atoms with van der Waals surface area (Å²) in [6.07, 6.45) is 3.61. The van der Waals surface area contributed by atoms with Crippen LogP contribution in [0, 0.1) is 5.92 Å². The minimum absolute atomic E-state index is 0.0742. The van der Waals surface area contributed by atoms with Crippen LogP contribution in [0.4, 0.5) is 0 Å². The maximum Gasteiger partial charge on any atom is 0.0790 e. The van der Waals surface area contributed by atoms with Crippen LogP contribution in [0.15, 0.2) is 0 Å². The van der Waals surface area contributed by atoms with Crippen molar-refractivity contribution < 1.29 is 4.74 Å². The fourth-order valence-electron chi connectivity index (χ4n) is 4.09. The maximum absolute atomic E-state index is 6.42. The first-order valence-electron chi connectivity index (χ1n) is 8.83. The molecular weight excluding hydrogens is 260 g/mol. The Morgan fingerprint density at radius 1 is 1.05 bits per heavy atom. The van der Waals surface area contributed by atoms with Gasteiger partial charge < -0.3 is 15.0 Å². The second-order valence-electron chi connectivity index (χ2n) is 7.76. The number of nitrogens with one attached hydrogen (secondary N) is 1. The molecule has 0 amide bonds. The molecule has 0 aromatic heterocycles. The molecule has 2 unspecified atom stereocenters. The average Bonchev–Trinajstić information content (AvgIpc) is 2.54. The molecule has 1 N–H and O–H groups in total. The summed E-state index contributed by atoms with van der Waals surface area (Å²) in [6, 6.07) is 1.10. The molecule has 21 heavy (non-hydrogen) atoms. The molecule has 0 radical (unpaired) electrons. The highest BCUT2D eigenvalue weighted by molar-refractivity contribution is 5.06. The van der Waals surface area contributed by atoms with E-state index in [1.54, 1.807) is 0 Å². The van der Waals surface area contributed by atoms with Crippen LogP contribution in [0.2, 0.25) is 0 Å². The second-order valence-corrected chi connectivity index (χ2v) is 7.76. The molecule has 126 valence electrons. The van der Waals surface area contributed by atoms with E-state index in [0.29, 0.717) is 18.0 Å². The molecule has 0 aliphatic carbocycles. The zero-order valence-corrected chi connectivity index (χ0v) is 15.6. The molecule has 1 rings (SSSR count). The number of hydrogen-bond donors (Lipinski definition) is 1. The Bertz CT molecular complexity index is 310. The average molecular weight is 299 g/mol. The van der Waals surface area contributed by atoms with Crippen LogP contribution in [0.3, 0.4) is 0 Å². The van der Waals surface area contributed by atoms with Gasteiger partial charge in [0.1, 0.15) is 0 Å². The van der Waals surface area contributed by atoms with E-state index in [4.69, 9.17) is 4.74 Å². The molecule has 0 aromatic rings. The Labute approximate surface area is 132 Å². The van der Waals surface area contributed by atoms with Crippen molar-refractivity contribution in [3.8, 4) is 0 Å². The zero-order valence-electron chi connectivity index (χ0n) is 15.6. The first-order chi connectivity index (χ1) is 9.69. The lowest BCUT2D eigenvalue weighted by molar-refractivity contribution is -0.0798. The first kappa shape index (κ1) is 18.9. The summed E-state index contributed by atoms with van der Waals surface area (Å²) in [5, 5.41) is 3.76. The summed E-state index contributed by atoms with van der Waals surface area (Å²) in [7, 11) is 2.27. The van der Waals surface area contributed by atoms with Crippen molar-refractivity contribution in [3.63, 3.8) is 0 Å². The van der Waals surface area contributed by atoms with Crippen molar-refractivity contribution in [2.75, 3.05) is 20.1 Å². The van der Waals surface area contributed by atoms with Gasteiger partial charge in [0.25, 0.3) is 0 Å². The highest BCUT2D eigenvalue weighted by Gasteiger charge is 2.53. The Morgan fingerprint density at radius 3 is 2.10 bits per heavy atom. The minimum Gasteiger partial charge on any atom is -0.368 e. The summed E-state index contributed by atoms with van der Waals surface area (Å²) in [4.78, 5) is 2.54. The molecule has 2 atom stereocenters. The van der Waals surface area contributed by atoms with E-state index in [-0.39, 0.29) is 11.2 Å². The number of rotatable bonds is 8. The molecule has 3 heteroatoms. The van der Waals surface area contributed by atoms with Gasteiger partial charge in [-0.25, -0.2) is 0 Å². The number of hydrogen-bond acceptors (Lipinski definition) is 3. The van der Waals surface area contributed by atoms with Crippen LogP contribution in [0.1, 0.15) is 67.7 Å². The van der Waals surface area contributed by atoms with Crippen LogP contribution in [0.25, 0.3) is 0 Å². The normalized spacial score (nSPS) is 27.7. The first-order valence-corrected chi connectivity index (χ1v) is 8.83. The SMILES string of the molecule is CCCNC1C(CN(C)C(CC)CC)C(C)(C)OC1(C)C. The Kier molecular flexibility index (Phi) is 6.70. The van der Waals surface area contributed by atoms with E-state index in [0.717, 1.165) is 13.1 Å². The van der Waals surface area contributed by atoms with Crippen LogP contribution < -0.4 is 5.32 Å². The van der Waals surface area contributed by atoms with Gasteiger partial charge in [0, 0.05) is 24.5 Å². The third-order valence-electron chi connectivity index (χ3n) is 5.24. The zero-order chi connectivity index (χ0) is 16.3. The summed E-state index contributed by atoms with van der Waals surface area (Å²) in [6.45, 7) is 18.0. The maximum atomic E-state index is 6.42. The number of nitrogens with zero attached hydrogens (tertiary/aromatic N) is 1. The standard InChI is InChI=1S/C18H38N2O/c1-9-12-19-16-15(13-20(8)14(10-2)11-3)17(4,5)21-18(16,6)7/h14-16,19H,9-13H2,1-8H3. The molecule has 0 spiro atoms. The van der Waals surface area contributed by atoms with Crippen molar-refractivity contribution in [2.45, 2.75) is 91.0 Å². The fourth-order valence-corrected chi connectivity index (χ4v) is 4.09. The Morgan fingerprint density at radius 2 is 1.62 bits per heavy atom. The van der Waals surface area contributed by atoms with Crippen LogP contribution in [-0.4, -0.2) is 48.3 Å². The van der Waals surface area contributed by atoms with Gasteiger partial charge in [0.2, 0.25) is 0 Å². The van der Waals surface area contributed by atoms with Gasteiger partial charge in [-0.1, -0.05) is 20.8 Å². The molecule has 0 aromatic carbocycles. The second kappa shape index (κ2) is 7.43. The lowest BCUT2D eigenvalue weighted by Gasteiger charge is -2.36. The molecule has 1 saturated heterocycles. The lowest BCUT2D eigenvalue weighted by Crippen LogP contribution is -2.51. The highest BCUT2D eigenvalue weighted by atomic mass is 16.5. The minimum atomic E-state index is -0.0991. The topological polar surface area (TPSA) is 24.5 Å². The van der Waals surface area contributed by atoms with Gasteiger partial charge in [-0.3, -0.25) is 0 Å². The van der Waals surface area contributed by atoms with Crippen molar-refractivity contribution >= 4 is 0 Å². The predicted octanol–water partition coefficient (Wildman–Crippen LogP) is 3.68. The van der Waals surface area contributed by atoms with Crippen molar-refractivity contribution in [3.05, 3.63) is 0 Å². The molecule has 1 aliphatic rings. The monoisotopic (exact) mass is 298 g/mol. The molecule has 1 aliphatic heterocycles. The Balaban J connectivity index is 2.87. The smallest absolute Gasteiger partial charge is 0.0790 e. The highest BCUT2D eigenvalue weighted by Crippen LogP contribution is 2.42. The third kappa shape index (κ3) is 4.43. The van der Waals surface area contributed by atoms with Crippen molar-refractivity contribution in [2.24, 2.45) is 5.92 Å². The Hall–Kier alpha value is -0.120. The van der Waals surface area contributed by atoms with E-state index >= 15 is 0 Å². The van der Waals surface area contributed by atoms with E-state index in [9.17, 15) is 0 Å². The van der Waals surface area contributed by atoms with Crippen molar-refractivity contribution in [1.29, 1.82) is 0 Å². The third-order valence-corrected chi connectivity index (χ3v) is 5.24. The summed E-state index contributed by atoms with van der Waals surface area (Å²) in [5.41, 5.74) is -0.173. The molecule has 0 saturated carbocycles. The van der Waals surface area contributed by atoms with Gasteiger partial charge in [0.15, 0.2) is 0 Å². The van der Waals surface area contributed by atoms with Gasteiger partial charge >= 0.3 is 0 Å². The van der Waals surface area contributed by atoms with Gasteiger partial charge in [0.05, 0.1) is 11.2 Å². The summed E-state index contributed by atoms with van der Waals surface area (Å²) in [5.74, 6) is 0.518. The van der Waals surface area contributed by atoms with E-state index in [1.165, 1.54) is 19.3 Å². The fraction of sp³-hybridized carbons (Fsp3) is 1.00. The molecule has 1 heterocycles. The predicted molar refractivity (Wildman–Crippen MR) is 91.8 cm³/mol. The quantitative estimate of drug-likeness (QED) is 0.740. The summed E-state index contributed by atoms with van der Waals surface area (Å²) >= 11 is 0. The van der Waals surface area contributed by atoms with E-state index in [1.807, 2.05) is 0 Å². The van der Waals surface area contributed by atoms with E-state index < -0.39 is 0 Å². The van der Waals surface area contributed by atoms with Crippen LogP contribution >= 0.6 is 0 Å². The van der Waals surface area contributed by atoms with Crippen molar-refractivity contribution in [1.82, 2.24) is 10.2 Å². The van der Waals surface area contributed by atoms with E-state index in [2.05, 4.69) is 65.7 Å². The largest absolute Gasteiger partial charge is 0.368 e. The van der Waals surface area contributed by atoms with Crippen LogP contribution in [-0.2, 0) is 4.74 Å². The van der Waals surface area contributed by atoms with Crippen LogP contribution in [0.5, 0.6) is 0 Å². The molecule has 0 bridgehead atoms. The lowest BCUT2D eigenvalue weighted by atomic mass is 9.81.